The van der Waals surface area contributed by atoms with Crippen LogP contribution in [0.5, 0.6) is 0 Å². The first-order chi connectivity index (χ1) is 12.3. The zero-order valence-electron chi connectivity index (χ0n) is 13.1. The number of benzene rings is 1. The van der Waals surface area contributed by atoms with Crippen LogP contribution >= 0.6 is 0 Å². The smallest absolute Gasteiger partial charge is 0.438 e. The van der Waals surface area contributed by atoms with E-state index in [-0.39, 0.29) is 16.5 Å². The summed E-state index contributed by atoms with van der Waals surface area (Å²) in [5.74, 6) is 0.284. The Bertz CT molecular complexity index is 834. The highest BCUT2D eigenvalue weighted by molar-refractivity contribution is 6.03. The zero-order chi connectivity index (χ0) is 18.8. The van der Waals surface area contributed by atoms with Crippen LogP contribution in [0.4, 0.5) is 18.0 Å². The molecule has 1 aliphatic rings. The monoisotopic (exact) mass is 366 g/mol. The van der Waals surface area contributed by atoms with Crippen molar-refractivity contribution in [3.8, 4) is 0 Å². The van der Waals surface area contributed by atoms with Gasteiger partial charge in [-0.25, -0.2) is 10.2 Å². The van der Waals surface area contributed by atoms with Crippen LogP contribution in [0.2, 0.25) is 0 Å². The first-order valence-electron chi connectivity index (χ1n) is 7.40. The molecule has 2 amide bonds. The maximum Gasteiger partial charge on any atom is 0.438 e. The number of nitrogens with zero attached hydrogens (tertiary/aromatic N) is 3. The molecule has 7 nitrogen and oxygen atoms in total. The van der Waals surface area contributed by atoms with E-state index in [0.29, 0.717) is 5.56 Å². The lowest BCUT2D eigenvalue weighted by atomic mass is 10.0. The molecular formula is C16H13F3N4O3. The van der Waals surface area contributed by atoms with Gasteiger partial charge in [-0.05, 0) is 17.7 Å². The summed E-state index contributed by atoms with van der Waals surface area (Å²) in [7, 11) is 0. The molecule has 0 radical (unpaired) electrons. The number of nitrogens with one attached hydrogen (secondary N) is 1. The molecule has 1 aromatic carbocycles. The number of rotatable bonds is 3. The van der Waals surface area contributed by atoms with Gasteiger partial charge in [0.1, 0.15) is 5.76 Å². The van der Waals surface area contributed by atoms with E-state index < -0.39 is 24.4 Å². The van der Waals surface area contributed by atoms with Crippen molar-refractivity contribution in [3.63, 3.8) is 0 Å². The Balaban J connectivity index is 1.84. The second-order valence-corrected chi connectivity index (χ2v) is 5.41. The largest absolute Gasteiger partial charge is 0.463 e. The van der Waals surface area contributed by atoms with Crippen molar-refractivity contribution in [1.29, 1.82) is 0 Å². The van der Waals surface area contributed by atoms with Gasteiger partial charge in [0.05, 0.1) is 24.6 Å². The average Bonchev–Trinajstić information content (AvgIpc) is 3.23. The molecule has 2 heterocycles. The van der Waals surface area contributed by atoms with Gasteiger partial charge >= 0.3 is 12.2 Å². The Kier molecular flexibility index (Phi) is 4.51. The maximum atomic E-state index is 13.4. The van der Waals surface area contributed by atoms with E-state index in [1.165, 1.54) is 24.5 Å². The Morgan fingerprint density at radius 2 is 2.04 bits per heavy atom. The molecule has 0 saturated carbocycles. The minimum atomic E-state index is -5.12. The molecule has 3 rings (SSSR count). The number of hydrogen-bond acceptors (Lipinski definition) is 5. The lowest BCUT2D eigenvalue weighted by Gasteiger charge is -2.31. The van der Waals surface area contributed by atoms with E-state index in [9.17, 15) is 23.1 Å². The van der Waals surface area contributed by atoms with Gasteiger partial charge in [-0.15, -0.1) is 0 Å². The number of alkyl halides is 3. The van der Waals surface area contributed by atoms with Crippen molar-refractivity contribution in [2.75, 3.05) is 0 Å². The van der Waals surface area contributed by atoms with Crippen molar-refractivity contribution in [2.45, 2.75) is 18.3 Å². The normalized spacial score (nSPS) is 20.5. The van der Waals surface area contributed by atoms with E-state index in [2.05, 4.69) is 10.2 Å². The third-order valence-corrected chi connectivity index (χ3v) is 3.63. The highest BCUT2D eigenvalue weighted by atomic mass is 19.4. The van der Waals surface area contributed by atoms with Crippen LogP contribution in [-0.4, -0.2) is 40.0 Å². The van der Waals surface area contributed by atoms with Gasteiger partial charge in [0, 0.05) is 0 Å². The average molecular weight is 366 g/mol. The third kappa shape index (κ3) is 3.31. The fourth-order valence-electron chi connectivity index (χ4n) is 2.33. The van der Waals surface area contributed by atoms with Gasteiger partial charge in [0.25, 0.3) is 5.72 Å². The van der Waals surface area contributed by atoms with Crippen molar-refractivity contribution in [1.82, 2.24) is 10.4 Å². The third-order valence-electron chi connectivity index (χ3n) is 3.63. The number of hydrazone groups is 2. The summed E-state index contributed by atoms with van der Waals surface area (Å²) in [5, 5.41) is 17.2. The molecule has 1 aliphatic heterocycles. The summed E-state index contributed by atoms with van der Waals surface area (Å²) in [6.45, 7) is 0. The first-order valence-corrected chi connectivity index (χ1v) is 7.40. The van der Waals surface area contributed by atoms with Crippen molar-refractivity contribution < 1.29 is 27.5 Å². The fourth-order valence-corrected chi connectivity index (χ4v) is 2.33. The van der Waals surface area contributed by atoms with Gasteiger partial charge in [-0.3, -0.25) is 0 Å². The topological polar surface area (TPSA) is 90.4 Å². The summed E-state index contributed by atoms with van der Waals surface area (Å²) in [4.78, 5) is 12.1. The van der Waals surface area contributed by atoms with Gasteiger partial charge in [0.15, 0.2) is 0 Å². The Hall–Kier alpha value is -3.14. The van der Waals surface area contributed by atoms with Gasteiger partial charge in [-0.2, -0.15) is 28.4 Å². The molecule has 0 aliphatic carbocycles. The summed E-state index contributed by atoms with van der Waals surface area (Å²) in [6, 6.07) is 9.74. The van der Waals surface area contributed by atoms with Crippen molar-refractivity contribution in [2.24, 2.45) is 10.2 Å². The Morgan fingerprint density at radius 1 is 1.31 bits per heavy atom. The predicted molar refractivity (Wildman–Crippen MR) is 85.3 cm³/mol. The molecule has 10 heteroatoms. The highest BCUT2D eigenvalue weighted by Crippen LogP contribution is 2.41. The Labute approximate surface area is 145 Å². The van der Waals surface area contributed by atoms with E-state index in [4.69, 9.17) is 4.42 Å². The van der Waals surface area contributed by atoms with Crippen LogP contribution in [0, 0.1) is 0 Å². The molecule has 0 fully saturated rings. The van der Waals surface area contributed by atoms with Crippen LogP contribution in [0.1, 0.15) is 17.7 Å². The predicted octanol–water partition coefficient (Wildman–Crippen LogP) is 2.68. The molecule has 0 saturated heterocycles. The first kappa shape index (κ1) is 17.7. The van der Waals surface area contributed by atoms with Crippen LogP contribution in [-0.2, 0) is 0 Å². The second-order valence-electron chi connectivity index (χ2n) is 5.41. The van der Waals surface area contributed by atoms with Crippen molar-refractivity contribution in [3.05, 3.63) is 60.1 Å². The second kappa shape index (κ2) is 6.64. The molecule has 2 aromatic rings. The summed E-state index contributed by atoms with van der Waals surface area (Å²) in [6.07, 6.45) is -3.55. The van der Waals surface area contributed by atoms with E-state index >= 15 is 0 Å². The number of hydrogen-bond donors (Lipinski definition) is 2. The minimum Gasteiger partial charge on any atom is -0.463 e. The standard InChI is InChI=1S/C16H13F3N4O3/c17-16(18,19)15(25)9-13(11-5-2-1-3-6-11)22-23(15)14(24)21-20-10-12-7-4-8-26-12/h1-8,10,25H,9H2,(H,21,24)/b20-10+. The number of halogens is 3. The van der Waals surface area contributed by atoms with Crippen LogP contribution in [0.25, 0.3) is 0 Å². The van der Waals surface area contributed by atoms with Gasteiger partial charge < -0.3 is 9.52 Å². The van der Waals surface area contributed by atoms with E-state index in [1.54, 1.807) is 24.3 Å². The molecule has 1 aromatic heterocycles. The highest BCUT2D eigenvalue weighted by Gasteiger charge is 2.63. The van der Waals surface area contributed by atoms with Gasteiger partial charge in [-0.1, -0.05) is 30.3 Å². The van der Waals surface area contributed by atoms with Crippen LogP contribution in [0.3, 0.4) is 0 Å². The van der Waals surface area contributed by atoms with Crippen LogP contribution in [0.15, 0.2) is 63.3 Å². The Morgan fingerprint density at radius 3 is 2.65 bits per heavy atom. The summed E-state index contributed by atoms with van der Waals surface area (Å²) in [5.41, 5.74) is -1.29. The zero-order valence-corrected chi connectivity index (χ0v) is 13.1. The number of amides is 2. The van der Waals surface area contributed by atoms with Crippen LogP contribution < -0.4 is 5.43 Å². The molecular weight excluding hydrogens is 353 g/mol. The number of carbonyl (C=O) groups is 1. The summed E-state index contributed by atoms with van der Waals surface area (Å²) < 4.78 is 45.1. The molecule has 0 spiro atoms. The number of urea groups is 1. The molecule has 1 atom stereocenters. The molecule has 0 bridgehead atoms. The van der Waals surface area contributed by atoms with E-state index in [0.717, 1.165) is 6.21 Å². The molecule has 2 N–H and O–H groups in total. The quantitative estimate of drug-likeness (QED) is 0.646. The fraction of sp³-hybridized carbons (Fsp3) is 0.188. The lowest BCUT2D eigenvalue weighted by molar-refractivity contribution is -0.297. The lowest BCUT2D eigenvalue weighted by Crippen LogP contribution is -2.58. The summed E-state index contributed by atoms with van der Waals surface area (Å²) >= 11 is 0. The van der Waals surface area contributed by atoms with Crippen molar-refractivity contribution >= 4 is 18.0 Å². The number of carbonyl (C=O) groups excluding carboxylic acids is 1. The number of furan rings is 1. The van der Waals surface area contributed by atoms with Gasteiger partial charge in [0.2, 0.25) is 0 Å². The molecule has 26 heavy (non-hydrogen) atoms. The number of aliphatic hydroxyl groups is 1. The minimum absolute atomic E-state index is 0.0468. The SMILES string of the molecule is O=C(N/N=C/c1ccco1)N1N=C(c2ccccc2)CC1(O)C(F)(F)F. The maximum absolute atomic E-state index is 13.4. The van der Waals surface area contributed by atoms with E-state index in [1.807, 2.05) is 5.43 Å². The molecule has 136 valence electrons. The molecule has 1 unspecified atom stereocenters.